The number of rotatable bonds is 8. The third-order valence-corrected chi connectivity index (χ3v) is 3.97. The highest BCUT2D eigenvalue weighted by molar-refractivity contribution is 14.0. The van der Waals surface area contributed by atoms with Crippen LogP contribution >= 0.6 is 24.0 Å². The Bertz CT molecular complexity index is 781. The fourth-order valence-electron chi connectivity index (χ4n) is 2.58. The van der Waals surface area contributed by atoms with Crippen molar-refractivity contribution in [2.24, 2.45) is 4.99 Å². The van der Waals surface area contributed by atoms with Crippen molar-refractivity contribution in [3.8, 4) is 5.75 Å². The highest BCUT2D eigenvalue weighted by atomic mass is 127. The number of ether oxygens (including phenoxy) is 1. The molecular formula is C21H29IN4O2. The van der Waals surface area contributed by atoms with Crippen molar-refractivity contribution in [3.05, 3.63) is 59.7 Å². The average Bonchev–Trinajstić information content (AvgIpc) is 2.68. The number of carbonyl (C=O) groups is 1. The molecule has 0 fully saturated rings. The monoisotopic (exact) mass is 496 g/mol. The van der Waals surface area contributed by atoms with Crippen LogP contribution in [0.4, 0.5) is 5.69 Å². The number of hydrogen-bond donors (Lipinski definition) is 3. The summed E-state index contributed by atoms with van der Waals surface area (Å²) in [7, 11) is 3.40. The summed E-state index contributed by atoms with van der Waals surface area (Å²) in [5.41, 5.74) is 2.98. The van der Waals surface area contributed by atoms with Gasteiger partial charge in [0.05, 0.1) is 7.11 Å². The van der Waals surface area contributed by atoms with Gasteiger partial charge in [0.25, 0.3) is 0 Å². The minimum atomic E-state index is 0. The van der Waals surface area contributed by atoms with Crippen LogP contribution in [0.5, 0.6) is 5.75 Å². The third-order valence-electron chi connectivity index (χ3n) is 3.97. The van der Waals surface area contributed by atoms with Gasteiger partial charge in [-0.05, 0) is 41.8 Å². The average molecular weight is 496 g/mol. The van der Waals surface area contributed by atoms with E-state index in [1.54, 1.807) is 14.2 Å². The summed E-state index contributed by atoms with van der Waals surface area (Å²) in [5, 5.41) is 9.49. The molecule has 1 amide bonds. The predicted octanol–water partition coefficient (Wildman–Crippen LogP) is 3.92. The van der Waals surface area contributed by atoms with Gasteiger partial charge in [-0.1, -0.05) is 31.2 Å². The molecule has 6 nitrogen and oxygen atoms in total. The Morgan fingerprint density at radius 3 is 2.29 bits per heavy atom. The number of aliphatic imine (C=N–C) groups is 1. The molecule has 28 heavy (non-hydrogen) atoms. The number of nitrogens with zero attached hydrogens (tertiary/aromatic N) is 1. The van der Waals surface area contributed by atoms with Crippen molar-refractivity contribution in [2.45, 2.75) is 32.9 Å². The maximum atomic E-state index is 11.7. The molecule has 7 heteroatoms. The van der Waals surface area contributed by atoms with Crippen LogP contribution in [0, 0.1) is 0 Å². The molecule has 0 saturated heterocycles. The molecule has 0 saturated carbocycles. The zero-order valence-corrected chi connectivity index (χ0v) is 18.9. The maximum Gasteiger partial charge on any atom is 0.224 e. The molecular weight excluding hydrogens is 467 g/mol. The lowest BCUT2D eigenvalue weighted by Gasteiger charge is -2.13. The quantitative estimate of drug-likeness (QED) is 0.294. The Labute approximate surface area is 184 Å². The molecule has 152 valence electrons. The summed E-state index contributed by atoms with van der Waals surface area (Å²) in [5.74, 6) is 1.58. The van der Waals surface area contributed by atoms with Gasteiger partial charge in [-0.3, -0.25) is 9.79 Å². The Balaban J connectivity index is 0.00000392. The number of carbonyl (C=O) groups excluding carboxylic acids is 1. The van der Waals surface area contributed by atoms with Crippen LogP contribution in [-0.4, -0.2) is 26.0 Å². The number of anilines is 1. The normalized spacial score (nSPS) is 10.6. The van der Waals surface area contributed by atoms with E-state index >= 15 is 0 Å². The largest absolute Gasteiger partial charge is 0.497 e. The SMILES string of the molecule is CCCC(=O)Nc1cccc(CNC(=NC)NCc2cccc(OC)c2)c1.I. The Hall–Kier alpha value is -2.29. The smallest absolute Gasteiger partial charge is 0.224 e. The minimum Gasteiger partial charge on any atom is -0.497 e. The highest BCUT2D eigenvalue weighted by Gasteiger charge is 2.03. The van der Waals surface area contributed by atoms with E-state index in [4.69, 9.17) is 4.74 Å². The van der Waals surface area contributed by atoms with Crippen molar-refractivity contribution in [1.29, 1.82) is 0 Å². The molecule has 0 aromatic heterocycles. The first-order valence-corrected chi connectivity index (χ1v) is 9.10. The summed E-state index contributed by atoms with van der Waals surface area (Å²) >= 11 is 0. The molecule has 0 aliphatic heterocycles. The first-order chi connectivity index (χ1) is 13.1. The van der Waals surface area contributed by atoms with E-state index in [1.807, 2.05) is 55.5 Å². The number of hydrogen-bond acceptors (Lipinski definition) is 3. The number of benzene rings is 2. The van der Waals surface area contributed by atoms with Crippen molar-refractivity contribution in [2.75, 3.05) is 19.5 Å². The first-order valence-electron chi connectivity index (χ1n) is 9.10. The van der Waals surface area contributed by atoms with E-state index in [-0.39, 0.29) is 29.9 Å². The molecule has 0 bridgehead atoms. The second-order valence-corrected chi connectivity index (χ2v) is 6.13. The van der Waals surface area contributed by atoms with Crippen molar-refractivity contribution >= 4 is 41.5 Å². The standard InChI is InChI=1S/C21H28N4O2.HI/c1-4-7-20(26)25-18-10-5-8-16(12-18)14-23-21(22-2)24-15-17-9-6-11-19(13-17)27-3;/h5-6,8-13H,4,7,14-15H2,1-3H3,(H,25,26)(H2,22,23,24);1H. The Kier molecular flexibility index (Phi) is 11.0. The van der Waals surface area contributed by atoms with Crippen LogP contribution in [-0.2, 0) is 17.9 Å². The van der Waals surface area contributed by atoms with Crippen molar-refractivity contribution < 1.29 is 9.53 Å². The van der Waals surface area contributed by atoms with Crippen LogP contribution in [0.2, 0.25) is 0 Å². The van der Waals surface area contributed by atoms with Gasteiger partial charge in [0.2, 0.25) is 5.91 Å². The van der Waals surface area contributed by atoms with Crippen LogP contribution < -0.4 is 20.7 Å². The molecule has 3 N–H and O–H groups in total. The lowest BCUT2D eigenvalue weighted by molar-refractivity contribution is -0.116. The molecule has 2 aromatic carbocycles. The molecule has 0 radical (unpaired) electrons. The van der Waals surface area contributed by atoms with Crippen LogP contribution in [0.3, 0.4) is 0 Å². The number of guanidine groups is 1. The number of nitrogens with one attached hydrogen (secondary N) is 3. The lowest BCUT2D eigenvalue weighted by atomic mass is 10.2. The summed E-state index contributed by atoms with van der Waals surface area (Å²) in [4.78, 5) is 16.0. The number of amides is 1. The van der Waals surface area contributed by atoms with E-state index < -0.39 is 0 Å². The molecule has 2 rings (SSSR count). The molecule has 0 aliphatic carbocycles. The van der Waals surface area contributed by atoms with Crippen LogP contribution in [0.25, 0.3) is 0 Å². The Morgan fingerprint density at radius 1 is 1.04 bits per heavy atom. The Morgan fingerprint density at radius 2 is 1.68 bits per heavy atom. The number of halogens is 1. The fourth-order valence-corrected chi connectivity index (χ4v) is 2.58. The van der Waals surface area contributed by atoms with E-state index in [0.717, 1.165) is 29.0 Å². The van der Waals surface area contributed by atoms with Gasteiger partial charge in [-0.2, -0.15) is 0 Å². The summed E-state index contributed by atoms with van der Waals surface area (Å²) in [6.45, 7) is 3.24. The number of methoxy groups -OCH3 is 1. The third kappa shape index (κ3) is 8.16. The second kappa shape index (κ2) is 13.0. The van der Waals surface area contributed by atoms with E-state index in [1.165, 1.54) is 0 Å². The molecule has 0 atom stereocenters. The summed E-state index contributed by atoms with van der Waals surface area (Å²) in [6, 6.07) is 15.7. The second-order valence-electron chi connectivity index (χ2n) is 6.13. The van der Waals surface area contributed by atoms with E-state index in [0.29, 0.717) is 25.5 Å². The molecule has 2 aromatic rings. The van der Waals surface area contributed by atoms with Gasteiger partial charge in [0.1, 0.15) is 5.75 Å². The van der Waals surface area contributed by atoms with Gasteiger partial charge in [0, 0.05) is 32.2 Å². The molecule has 0 heterocycles. The van der Waals surface area contributed by atoms with E-state index in [2.05, 4.69) is 20.9 Å². The summed E-state index contributed by atoms with van der Waals surface area (Å²) < 4.78 is 5.24. The van der Waals surface area contributed by atoms with Gasteiger partial charge >= 0.3 is 0 Å². The van der Waals surface area contributed by atoms with Crippen LogP contribution in [0.1, 0.15) is 30.9 Å². The fraction of sp³-hybridized carbons (Fsp3) is 0.333. The predicted molar refractivity (Wildman–Crippen MR) is 125 cm³/mol. The molecule has 0 spiro atoms. The topological polar surface area (TPSA) is 74.8 Å². The van der Waals surface area contributed by atoms with Gasteiger partial charge in [0.15, 0.2) is 5.96 Å². The highest BCUT2D eigenvalue weighted by Crippen LogP contribution is 2.13. The van der Waals surface area contributed by atoms with Crippen molar-refractivity contribution in [3.63, 3.8) is 0 Å². The maximum absolute atomic E-state index is 11.7. The zero-order chi connectivity index (χ0) is 19.5. The van der Waals surface area contributed by atoms with E-state index in [9.17, 15) is 4.79 Å². The van der Waals surface area contributed by atoms with Gasteiger partial charge in [-0.25, -0.2) is 0 Å². The molecule has 0 unspecified atom stereocenters. The minimum absolute atomic E-state index is 0. The van der Waals surface area contributed by atoms with Crippen LogP contribution in [0.15, 0.2) is 53.5 Å². The van der Waals surface area contributed by atoms with Crippen molar-refractivity contribution in [1.82, 2.24) is 10.6 Å². The lowest BCUT2D eigenvalue weighted by Crippen LogP contribution is -2.36. The summed E-state index contributed by atoms with van der Waals surface area (Å²) in [6.07, 6.45) is 1.37. The van der Waals surface area contributed by atoms with Gasteiger partial charge < -0.3 is 20.7 Å². The first kappa shape index (κ1) is 23.7. The zero-order valence-electron chi connectivity index (χ0n) is 16.6. The van der Waals surface area contributed by atoms with Gasteiger partial charge in [-0.15, -0.1) is 24.0 Å². The molecule has 0 aliphatic rings.